The zero-order chi connectivity index (χ0) is 28.3. The summed E-state index contributed by atoms with van der Waals surface area (Å²) in [6.45, 7) is 32.7. The van der Waals surface area contributed by atoms with E-state index >= 15 is 0 Å². The van der Waals surface area contributed by atoms with Crippen molar-refractivity contribution >= 4 is 0 Å². The Morgan fingerprint density at radius 1 is 0.694 bits per heavy atom. The summed E-state index contributed by atoms with van der Waals surface area (Å²) in [6.07, 6.45) is 11.2. The molecule has 1 unspecified atom stereocenters. The van der Waals surface area contributed by atoms with E-state index in [1.807, 2.05) is 0 Å². The fraction of sp³-hybridized carbons (Fsp3) is 0.824. The molecule has 2 rings (SSSR count). The van der Waals surface area contributed by atoms with Gasteiger partial charge in [-0.15, -0.1) is 0 Å². The van der Waals surface area contributed by atoms with Crippen LogP contribution in [0.3, 0.4) is 0 Å². The summed E-state index contributed by atoms with van der Waals surface area (Å²) in [7, 11) is 4.55. The second kappa shape index (κ2) is 12.1. The van der Waals surface area contributed by atoms with E-state index in [4.69, 9.17) is 0 Å². The van der Waals surface area contributed by atoms with Crippen molar-refractivity contribution in [1.82, 2.24) is 9.80 Å². The third-order valence-electron chi connectivity index (χ3n) is 7.87. The Hall–Kier alpha value is -1.18. The quantitative estimate of drug-likeness (QED) is 0.378. The lowest BCUT2D eigenvalue weighted by atomic mass is 9.73. The number of allylic oxidation sites excluding steroid dienone is 6. The summed E-state index contributed by atoms with van der Waals surface area (Å²) in [5.74, 6) is 0. The van der Waals surface area contributed by atoms with Gasteiger partial charge in [0.25, 0.3) is 0 Å². The molecule has 0 bridgehead atoms. The summed E-state index contributed by atoms with van der Waals surface area (Å²) < 4.78 is 0. The molecule has 0 fully saturated rings. The van der Waals surface area contributed by atoms with Crippen LogP contribution >= 0.6 is 0 Å². The highest BCUT2D eigenvalue weighted by molar-refractivity contribution is 5.33. The first-order valence-electron chi connectivity index (χ1n) is 14.8. The molecule has 0 N–H and O–H groups in total. The number of nitrogens with zero attached hydrogens (tertiary/aromatic N) is 2. The van der Waals surface area contributed by atoms with Crippen LogP contribution in [0.4, 0.5) is 0 Å². The molecule has 36 heavy (non-hydrogen) atoms. The minimum Gasteiger partial charge on any atom is -0.374 e. The Labute approximate surface area is 227 Å². The molecule has 210 valence electrons. The van der Waals surface area contributed by atoms with E-state index < -0.39 is 0 Å². The van der Waals surface area contributed by atoms with Crippen molar-refractivity contribution in [2.24, 2.45) is 21.7 Å². The van der Waals surface area contributed by atoms with Gasteiger partial charge in [0.15, 0.2) is 0 Å². The van der Waals surface area contributed by atoms with Crippen LogP contribution in [0.5, 0.6) is 0 Å². The lowest BCUT2D eigenvalue weighted by Crippen LogP contribution is -2.41. The minimum atomic E-state index is 0.213. The third-order valence-corrected chi connectivity index (χ3v) is 7.87. The fourth-order valence-corrected chi connectivity index (χ4v) is 6.34. The van der Waals surface area contributed by atoms with Crippen molar-refractivity contribution < 1.29 is 0 Å². The van der Waals surface area contributed by atoms with Crippen LogP contribution in [0.25, 0.3) is 0 Å². The maximum Gasteiger partial charge on any atom is 0.0286 e. The Bertz CT molecular complexity index is 775. The molecule has 0 amide bonds. The van der Waals surface area contributed by atoms with Gasteiger partial charge in [-0.25, -0.2) is 0 Å². The van der Waals surface area contributed by atoms with Crippen molar-refractivity contribution in [1.29, 1.82) is 0 Å². The zero-order valence-corrected chi connectivity index (χ0v) is 27.5. The number of rotatable bonds is 4. The van der Waals surface area contributed by atoms with Gasteiger partial charge in [0.2, 0.25) is 0 Å². The van der Waals surface area contributed by atoms with Crippen LogP contribution in [0.2, 0.25) is 0 Å². The van der Waals surface area contributed by atoms with E-state index in [0.717, 1.165) is 12.5 Å². The minimum absolute atomic E-state index is 0.213. The number of hydrogen-bond donors (Lipinski definition) is 0. The van der Waals surface area contributed by atoms with Crippen LogP contribution in [-0.2, 0) is 0 Å². The highest BCUT2D eigenvalue weighted by atomic mass is 15.2. The molecule has 0 spiro atoms. The van der Waals surface area contributed by atoms with Crippen LogP contribution in [0.1, 0.15) is 142 Å². The summed E-state index contributed by atoms with van der Waals surface area (Å²) in [4.78, 5) is 5.04. The molecule has 2 heteroatoms. The Kier molecular flexibility index (Phi) is 11.1. The van der Waals surface area contributed by atoms with E-state index in [-0.39, 0.29) is 16.2 Å². The molecular weight excluding hydrogens is 436 g/mol. The molecule has 0 saturated heterocycles. The largest absolute Gasteiger partial charge is 0.374 e. The first-order chi connectivity index (χ1) is 16.2. The molecule has 0 saturated carbocycles. The SMILES string of the molecule is CCCC1=CCC(C(C)(C)C)=C(C(C)(C)C)N1C.CCCC1CCC(C(C)(C)C)=C(C(C)(C)C)N1C. The zero-order valence-electron chi connectivity index (χ0n) is 27.5. The topological polar surface area (TPSA) is 6.48 Å². The first-order valence-corrected chi connectivity index (χ1v) is 14.8. The van der Waals surface area contributed by atoms with Crippen LogP contribution in [0, 0.1) is 21.7 Å². The standard InChI is InChI=1S/C17H33N.C17H31N/c2*1-9-10-13-11-12-14(16(2,3)4)15(18(13)8)17(5,6)7/h13H,9-12H2,1-8H3;11H,9-10,12H2,1-8H3. The summed E-state index contributed by atoms with van der Waals surface area (Å²) in [6, 6.07) is 0.746. The van der Waals surface area contributed by atoms with Crippen molar-refractivity contribution in [3.8, 4) is 0 Å². The maximum atomic E-state index is 2.59. The molecule has 0 aliphatic carbocycles. The van der Waals surface area contributed by atoms with Crippen molar-refractivity contribution in [2.45, 2.75) is 148 Å². The Balaban J connectivity index is 0.000000360. The molecule has 2 aliphatic heterocycles. The third kappa shape index (κ3) is 8.42. The van der Waals surface area contributed by atoms with E-state index in [1.165, 1.54) is 49.9 Å². The van der Waals surface area contributed by atoms with Gasteiger partial charge in [0.05, 0.1) is 0 Å². The Morgan fingerprint density at radius 3 is 1.58 bits per heavy atom. The van der Waals surface area contributed by atoms with Gasteiger partial charge in [-0.3, -0.25) is 0 Å². The Morgan fingerprint density at radius 2 is 1.19 bits per heavy atom. The van der Waals surface area contributed by atoms with Crippen molar-refractivity contribution in [2.75, 3.05) is 14.1 Å². The van der Waals surface area contributed by atoms with Crippen molar-refractivity contribution in [3.63, 3.8) is 0 Å². The van der Waals surface area contributed by atoms with Gasteiger partial charge in [-0.1, -0.05) is 116 Å². The van der Waals surface area contributed by atoms with Crippen LogP contribution < -0.4 is 0 Å². The van der Waals surface area contributed by atoms with Gasteiger partial charge >= 0.3 is 0 Å². The molecule has 1 atom stereocenters. The van der Waals surface area contributed by atoms with Crippen LogP contribution in [-0.4, -0.2) is 29.9 Å². The smallest absolute Gasteiger partial charge is 0.0286 e. The molecule has 2 nitrogen and oxygen atoms in total. The van der Waals surface area contributed by atoms with Gasteiger partial charge in [-0.05, 0) is 54.1 Å². The normalized spacial score (nSPS) is 20.4. The van der Waals surface area contributed by atoms with E-state index in [9.17, 15) is 0 Å². The molecule has 2 heterocycles. The van der Waals surface area contributed by atoms with E-state index in [2.05, 4.69) is 127 Å². The van der Waals surface area contributed by atoms with Gasteiger partial charge in [0.1, 0.15) is 0 Å². The van der Waals surface area contributed by atoms with Crippen molar-refractivity contribution in [3.05, 3.63) is 34.3 Å². The predicted molar refractivity (Wildman–Crippen MR) is 163 cm³/mol. The molecule has 0 aromatic carbocycles. The fourth-order valence-electron chi connectivity index (χ4n) is 6.34. The highest BCUT2D eigenvalue weighted by Crippen LogP contribution is 2.45. The highest BCUT2D eigenvalue weighted by Gasteiger charge is 2.36. The lowest BCUT2D eigenvalue weighted by Gasteiger charge is -2.46. The van der Waals surface area contributed by atoms with Gasteiger partial charge in [-0.2, -0.15) is 0 Å². The lowest BCUT2D eigenvalue weighted by molar-refractivity contribution is 0.184. The molecular formula is C34H64N2. The van der Waals surface area contributed by atoms with Gasteiger partial charge < -0.3 is 9.80 Å². The second-order valence-corrected chi connectivity index (χ2v) is 15.5. The van der Waals surface area contributed by atoms with E-state index in [1.54, 1.807) is 16.8 Å². The van der Waals surface area contributed by atoms with Crippen LogP contribution in [0.15, 0.2) is 34.3 Å². The maximum absolute atomic E-state index is 2.59. The summed E-state index contributed by atoms with van der Waals surface area (Å²) in [5.41, 5.74) is 8.91. The average Bonchev–Trinajstić information content (AvgIpc) is 2.68. The van der Waals surface area contributed by atoms with E-state index in [0.29, 0.717) is 5.41 Å². The number of hydrogen-bond acceptors (Lipinski definition) is 2. The molecule has 0 radical (unpaired) electrons. The second-order valence-electron chi connectivity index (χ2n) is 15.5. The predicted octanol–water partition coefficient (Wildman–Crippen LogP) is 10.6. The molecule has 0 aromatic heterocycles. The summed E-state index contributed by atoms with van der Waals surface area (Å²) >= 11 is 0. The first kappa shape index (κ1) is 32.8. The van der Waals surface area contributed by atoms with Gasteiger partial charge in [0, 0.05) is 48.1 Å². The molecule has 0 aromatic rings. The monoisotopic (exact) mass is 501 g/mol. The molecule has 2 aliphatic rings. The summed E-state index contributed by atoms with van der Waals surface area (Å²) in [5, 5.41) is 0. The average molecular weight is 501 g/mol.